The Balaban J connectivity index is 1.32. The Hall–Kier alpha value is -3.42. The molecule has 0 unspecified atom stereocenters. The van der Waals surface area contributed by atoms with Crippen LogP contribution < -0.4 is 14.8 Å². The summed E-state index contributed by atoms with van der Waals surface area (Å²) in [6.07, 6.45) is 0.905. The normalized spacial score (nSPS) is 18.5. The van der Waals surface area contributed by atoms with E-state index >= 15 is 0 Å². The second kappa shape index (κ2) is 11.8. The number of ether oxygens (including phenoxy) is 2. The molecule has 4 rings (SSSR count). The molecule has 0 saturated carbocycles. The molecule has 7 heteroatoms. The van der Waals surface area contributed by atoms with Crippen LogP contribution in [0.3, 0.4) is 0 Å². The van der Waals surface area contributed by atoms with Crippen molar-refractivity contribution in [2.45, 2.75) is 38.1 Å². The van der Waals surface area contributed by atoms with Crippen LogP contribution in [0.25, 0.3) is 0 Å². The number of carbonyl (C=O) groups excluding carboxylic acids is 1. The van der Waals surface area contributed by atoms with Crippen LogP contribution in [0.5, 0.6) is 11.5 Å². The van der Waals surface area contributed by atoms with Crippen LogP contribution in [0.1, 0.15) is 34.3 Å². The van der Waals surface area contributed by atoms with E-state index in [1.165, 1.54) is 12.1 Å². The van der Waals surface area contributed by atoms with Crippen molar-refractivity contribution >= 4 is 5.91 Å². The number of methoxy groups -OCH3 is 1. The molecule has 1 heterocycles. The molecule has 1 amide bonds. The predicted molar refractivity (Wildman–Crippen MR) is 132 cm³/mol. The average molecular weight is 479 g/mol. The fraction of sp³-hybridized carbons (Fsp3) is 0.321. The summed E-state index contributed by atoms with van der Waals surface area (Å²) in [4.78, 5) is 15.2. The molecule has 0 aliphatic carbocycles. The van der Waals surface area contributed by atoms with Crippen LogP contribution in [-0.2, 0) is 13.2 Å². The van der Waals surface area contributed by atoms with Crippen molar-refractivity contribution in [3.05, 3.63) is 95.3 Å². The molecule has 1 fully saturated rings. The number of nitrogens with one attached hydrogen (secondary N) is 1. The van der Waals surface area contributed by atoms with Gasteiger partial charge in [-0.1, -0.05) is 24.3 Å². The summed E-state index contributed by atoms with van der Waals surface area (Å²) < 4.78 is 24.0. The molecule has 1 aliphatic rings. The SMILES string of the molecule is COc1ccc(CN2CCC[C@@H](O)[C@H](NC(=O)c3ccc(OCc4ccc(F)cc4)cc3)C2)cc1. The topological polar surface area (TPSA) is 71.0 Å². The van der Waals surface area contributed by atoms with E-state index in [0.717, 1.165) is 36.4 Å². The van der Waals surface area contributed by atoms with Gasteiger partial charge in [-0.25, -0.2) is 4.39 Å². The summed E-state index contributed by atoms with van der Waals surface area (Å²) in [7, 11) is 1.65. The van der Waals surface area contributed by atoms with E-state index in [-0.39, 0.29) is 17.8 Å². The summed E-state index contributed by atoms with van der Waals surface area (Å²) in [5.41, 5.74) is 2.51. The summed E-state index contributed by atoms with van der Waals surface area (Å²) in [5, 5.41) is 13.6. The van der Waals surface area contributed by atoms with E-state index in [4.69, 9.17) is 9.47 Å². The zero-order valence-electron chi connectivity index (χ0n) is 19.8. The maximum Gasteiger partial charge on any atom is 0.251 e. The summed E-state index contributed by atoms with van der Waals surface area (Å²) in [6.45, 7) is 2.47. The molecule has 35 heavy (non-hydrogen) atoms. The van der Waals surface area contributed by atoms with Gasteiger partial charge in [0.2, 0.25) is 0 Å². The van der Waals surface area contributed by atoms with Gasteiger partial charge in [-0.15, -0.1) is 0 Å². The first-order chi connectivity index (χ1) is 17.0. The van der Waals surface area contributed by atoms with Crippen molar-refractivity contribution < 1.29 is 23.8 Å². The Bertz CT molecular complexity index is 1090. The first-order valence-electron chi connectivity index (χ1n) is 11.8. The number of rotatable bonds is 8. The van der Waals surface area contributed by atoms with Gasteiger partial charge in [0.25, 0.3) is 5.91 Å². The second-order valence-electron chi connectivity index (χ2n) is 8.81. The summed E-state index contributed by atoms with van der Waals surface area (Å²) in [5.74, 6) is 0.917. The molecule has 1 saturated heterocycles. The lowest BCUT2D eigenvalue weighted by Gasteiger charge is -2.27. The Morgan fingerprint density at radius 1 is 1.00 bits per heavy atom. The fourth-order valence-electron chi connectivity index (χ4n) is 4.19. The first kappa shape index (κ1) is 24.7. The van der Waals surface area contributed by atoms with Gasteiger partial charge in [0, 0.05) is 18.7 Å². The summed E-state index contributed by atoms with van der Waals surface area (Å²) in [6, 6.07) is 20.6. The van der Waals surface area contributed by atoms with E-state index in [2.05, 4.69) is 10.2 Å². The van der Waals surface area contributed by atoms with Crippen LogP contribution in [-0.4, -0.2) is 48.3 Å². The molecule has 0 spiro atoms. The number of hydrogen-bond donors (Lipinski definition) is 2. The molecular formula is C28H31FN2O4. The number of carbonyl (C=O) groups is 1. The molecule has 3 aromatic rings. The van der Waals surface area contributed by atoms with Gasteiger partial charge < -0.3 is 19.9 Å². The van der Waals surface area contributed by atoms with Gasteiger partial charge in [-0.05, 0) is 79.0 Å². The third-order valence-corrected chi connectivity index (χ3v) is 6.21. The molecular weight excluding hydrogens is 447 g/mol. The largest absolute Gasteiger partial charge is 0.497 e. The van der Waals surface area contributed by atoms with E-state index in [9.17, 15) is 14.3 Å². The highest BCUT2D eigenvalue weighted by molar-refractivity contribution is 5.94. The Labute approximate surface area is 205 Å². The highest BCUT2D eigenvalue weighted by atomic mass is 19.1. The number of halogens is 1. The van der Waals surface area contributed by atoms with Crippen molar-refractivity contribution in [2.75, 3.05) is 20.2 Å². The number of aliphatic hydroxyl groups is 1. The standard InChI is InChI=1S/C28H31FN2O4/c1-34-24-12-6-20(7-13-24)17-31-16-2-3-27(32)26(18-31)30-28(33)22-8-14-25(15-9-22)35-19-21-4-10-23(29)11-5-21/h4-15,26-27,32H,2-3,16-19H2,1H3,(H,30,33)/t26-,27-/m1/s1. The number of aliphatic hydroxyl groups excluding tert-OH is 1. The Morgan fingerprint density at radius 3 is 2.34 bits per heavy atom. The molecule has 6 nitrogen and oxygen atoms in total. The number of likely N-dealkylation sites (tertiary alicyclic amines) is 1. The van der Waals surface area contributed by atoms with E-state index in [1.807, 2.05) is 24.3 Å². The van der Waals surface area contributed by atoms with Crippen molar-refractivity contribution in [3.8, 4) is 11.5 Å². The minimum absolute atomic E-state index is 0.231. The number of amides is 1. The predicted octanol–water partition coefficient (Wildman–Crippen LogP) is 4.17. The highest BCUT2D eigenvalue weighted by Crippen LogP contribution is 2.19. The van der Waals surface area contributed by atoms with Crippen molar-refractivity contribution in [3.63, 3.8) is 0 Å². The number of benzene rings is 3. The van der Waals surface area contributed by atoms with E-state index < -0.39 is 6.10 Å². The van der Waals surface area contributed by atoms with Crippen molar-refractivity contribution in [2.24, 2.45) is 0 Å². The number of nitrogens with zero attached hydrogens (tertiary/aromatic N) is 1. The Kier molecular flexibility index (Phi) is 8.34. The summed E-state index contributed by atoms with van der Waals surface area (Å²) >= 11 is 0. The fourth-order valence-corrected chi connectivity index (χ4v) is 4.19. The van der Waals surface area contributed by atoms with Crippen LogP contribution >= 0.6 is 0 Å². The van der Waals surface area contributed by atoms with Gasteiger partial charge in [-0.2, -0.15) is 0 Å². The van der Waals surface area contributed by atoms with Gasteiger partial charge >= 0.3 is 0 Å². The van der Waals surface area contributed by atoms with Crippen LogP contribution in [0, 0.1) is 5.82 Å². The quantitative estimate of drug-likeness (QED) is 0.509. The zero-order valence-corrected chi connectivity index (χ0v) is 19.8. The molecule has 0 aromatic heterocycles. The highest BCUT2D eigenvalue weighted by Gasteiger charge is 2.27. The smallest absolute Gasteiger partial charge is 0.251 e. The van der Waals surface area contributed by atoms with E-state index in [0.29, 0.717) is 30.9 Å². The maximum absolute atomic E-state index is 13.0. The van der Waals surface area contributed by atoms with Crippen molar-refractivity contribution in [1.29, 1.82) is 0 Å². The molecule has 3 aromatic carbocycles. The molecule has 0 radical (unpaired) electrons. The third kappa shape index (κ3) is 7.04. The lowest BCUT2D eigenvalue weighted by Crippen LogP contribution is -2.48. The monoisotopic (exact) mass is 478 g/mol. The van der Waals surface area contributed by atoms with Gasteiger partial charge in [0.15, 0.2) is 0 Å². The van der Waals surface area contributed by atoms with Crippen LogP contribution in [0.15, 0.2) is 72.8 Å². The minimum Gasteiger partial charge on any atom is -0.497 e. The van der Waals surface area contributed by atoms with E-state index in [1.54, 1.807) is 43.5 Å². The first-order valence-corrected chi connectivity index (χ1v) is 11.8. The molecule has 184 valence electrons. The van der Waals surface area contributed by atoms with Crippen molar-refractivity contribution in [1.82, 2.24) is 10.2 Å². The molecule has 2 atom stereocenters. The van der Waals surface area contributed by atoms with Crippen LogP contribution in [0.4, 0.5) is 4.39 Å². The second-order valence-corrected chi connectivity index (χ2v) is 8.81. The lowest BCUT2D eigenvalue weighted by molar-refractivity contribution is 0.0798. The average Bonchev–Trinajstić information content (AvgIpc) is 3.05. The Morgan fingerprint density at radius 2 is 1.66 bits per heavy atom. The number of hydrogen-bond acceptors (Lipinski definition) is 5. The molecule has 2 N–H and O–H groups in total. The van der Waals surface area contributed by atoms with Gasteiger partial charge in [-0.3, -0.25) is 9.69 Å². The van der Waals surface area contributed by atoms with Crippen LogP contribution in [0.2, 0.25) is 0 Å². The minimum atomic E-state index is -0.599. The molecule has 0 bridgehead atoms. The van der Waals surface area contributed by atoms with Gasteiger partial charge in [0.05, 0.1) is 19.3 Å². The third-order valence-electron chi connectivity index (χ3n) is 6.21. The maximum atomic E-state index is 13.0. The zero-order chi connectivity index (χ0) is 24.6. The lowest BCUT2D eigenvalue weighted by atomic mass is 10.1. The van der Waals surface area contributed by atoms with Gasteiger partial charge in [0.1, 0.15) is 23.9 Å². The molecule has 1 aliphatic heterocycles.